The second-order valence-corrected chi connectivity index (χ2v) is 6.07. The Bertz CT molecular complexity index is 850. The smallest absolute Gasteiger partial charge is 0.258 e. The molecule has 7 nitrogen and oxygen atoms in total. The second kappa shape index (κ2) is 10.1. The van der Waals surface area contributed by atoms with E-state index in [0.717, 1.165) is 0 Å². The fourth-order valence-corrected chi connectivity index (χ4v) is 2.60. The van der Waals surface area contributed by atoms with Gasteiger partial charge in [-0.2, -0.15) is 0 Å². The SMILES string of the molecule is COc1ccccc1OCC(=O)NCCN(C(C)=O)c1cccc(C(C)=O)c1. The van der Waals surface area contributed by atoms with E-state index in [9.17, 15) is 14.4 Å². The first-order chi connectivity index (χ1) is 13.4. The molecule has 0 aromatic heterocycles. The van der Waals surface area contributed by atoms with Gasteiger partial charge in [-0.1, -0.05) is 24.3 Å². The van der Waals surface area contributed by atoms with Crippen LogP contribution >= 0.6 is 0 Å². The van der Waals surface area contributed by atoms with E-state index in [-0.39, 0.29) is 37.3 Å². The molecule has 0 bridgehead atoms. The van der Waals surface area contributed by atoms with Gasteiger partial charge in [0.05, 0.1) is 7.11 Å². The number of para-hydroxylation sites is 2. The summed E-state index contributed by atoms with van der Waals surface area (Å²) in [6.07, 6.45) is 0. The van der Waals surface area contributed by atoms with Crippen molar-refractivity contribution in [2.75, 3.05) is 31.7 Å². The van der Waals surface area contributed by atoms with E-state index in [4.69, 9.17) is 9.47 Å². The largest absolute Gasteiger partial charge is 0.493 e. The fourth-order valence-electron chi connectivity index (χ4n) is 2.60. The third kappa shape index (κ3) is 5.84. The van der Waals surface area contributed by atoms with E-state index < -0.39 is 0 Å². The first-order valence-corrected chi connectivity index (χ1v) is 8.84. The summed E-state index contributed by atoms with van der Waals surface area (Å²) < 4.78 is 10.6. The standard InChI is InChI=1S/C21H24N2O5/c1-15(24)17-7-6-8-18(13-17)23(16(2)25)12-11-22-21(26)14-28-20-10-5-4-9-19(20)27-3/h4-10,13H,11-12,14H2,1-3H3,(H,22,26). The molecule has 7 heteroatoms. The van der Waals surface area contributed by atoms with Crippen molar-refractivity contribution in [2.45, 2.75) is 13.8 Å². The molecule has 0 aliphatic heterocycles. The minimum atomic E-state index is -0.313. The Kier molecular flexibility index (Phi) is 7.56. The van der Waals surface area contributed by atoms with Gasteiger partial charge in [-0.25, -0.2) is 0 Å². The Morgan fingerprint density at radius 1 is 1.00 bits per heavy atom. The number of benzene rings is 2. The molecule has 0 radical (unpaired) electrons. The number of amides is 2. The van der Waals surface area contributed by atoms with E-state index in [1.807, 2.05) is 6.07 Å². The summed E-state index contributed by atoms with van der Waals surface area (Å²) in [6.45, 7) is 3.27. The molecule has 0 aliphatic rings. The molecule has 0 saturated heterocycles. The number of nitrogens with one attached hydrogen (secondary N) is 1. The van der Waals surface area contributed by atoms with Crippen molar-refractivity contribution in [1.82, 2.24) is 5.32 Å². The van der Waals surface area contributed by atoms with Crippen LogP contribution in [0.2, 0.25) is 0 Å². The molecule has 0 aliphatic carbocycles. The van der Waals surface area contributed by atoms with Crippen molar-refractivity contribution in [2.24, 2.45) is 0 Å². The van der Waals surface area contributed by atoms with Crippen molar-refractivity contribution in [3.63, 3.8) is 0 Å². The maximum Gasteiger partial charge on any atom is 0.258 e. The molecule has 2 aromatic rings. The van der Waals surface area contributed by atoms with Crippen molar-refractivity contribution in [3.05, 3.63) is 54.1 Å². The lowest BCUT2D eigenvalue weighted by atomic mass is 10.1. The highest BCUT2D eigenvalue weighted by atomic mass is 16.5. The summed E-state index contributed by atoms with van der Waals surface area (Å²) in [5.74, 6) is 0.453. The van der Waals surface area contributed by atoms with Gasteiger partial charge in [0.25, 0.3) is 5.91 Å². The normalized spacial score (nSPS) is 10.1. The number of hydrogen-bond donors (Lipinski definition) is 1. The van der Waals surface area contributed by atoms with Crippen molar-refractivity contribution in [3.8, 4) is 11.5 Å². The quantitative estimate of drug-likeness (QED) is 0.671. The van der Waals surface area contributed by atoms with E-state index in [0.29, 0.717) is 22.7 Å². The van der Waals surface area contributed by atoms with E-state index >= 15 is 0 Å². The highest BCUT2D eigenvalue weighted by Crippen LogP contribution is 2.25. The van der Waals surface area contributed by atoms with Gasteiger partial charge in [-0.05, 0) is 31.2 Å². The minimum Gasteiger partial charge on any atom is -0.493 e. The summed E-state index contributed by atoms with van der Waals surface area (Å²) in [5.41, 5.74) is 1.14. The van der Waals surface area contributed by atoms with E-state index in [1.54, 1.807) is 42.5 Å². The van der Waals surface area contributed by atoms with Crippen LogP contribution in [0.25, 0.3) is 0 Å². The van der Waals surface area contributed by atoms with Crippen LogP contribution in [0.5, 0.6) is 11.5 Å². The summed E-state index contributed by atoms with van der Waals surface area (Å²) in [5, 5.41) is 2.72. The number of ether oxygens (including phenoxy) is 2. The highest BCUT2D eigenvalue weighted by Gasteiger charge is 2.13. The van der Waals surface area contributed by atoms with Crippen LogP contribution in [0.1, 0.15) is 24.2 Å². The zero-order chi connectivity index (χ0) is 20.5. The second-order valence-electron chi connectivity index (χ2n) is 6.07. The van der Waals surface area contributed by atoms with Gasteiger partial charge in [0, 0.05) is 31.3 Å². The Labute approximate surface area is 164 Å². The third-order valence-corrected chi connectivity index (χ3v) is 4.03. The Balaban J connectivity index is 1.89. The zero-order valence-corrected chi connectivity index (χ0v) is 16.2. The van der Waals surface area contributed by atoms with Crippen molar-refractivity contribution < 1.29 is 23.9 Å². The molecule has 2 aromatic carbocycles. The van der Waals surface area contributed by atoms with Gasteiger partial charge < -0.3 is 19.7 Å². The number of carbonyl (C=O) groups excluding carboxylic acids is 3. The molecular weight excluding hydrogens is 360 g/mol. The monoisotopic (exact) mass is 384 g/mol. The van der Waals surface area contributed by atoms with E-state index in [2.05, 4.69) is 5.32 Å². The first kappa shape index (κ1) is 21.0. The van der Waals surface area contributed by atoms with Gasteiger partial charge in [0.2, 0.25) is 5.91 Å². The van der Waals surface area contributed by atoms with Crippen LogP contribution in [-0.4, -0.2) is 44.4 Å². The Morgan fingerprint density at radius 3 is 2.36 bits per heavy atom. The molecule has 148 valence electrons. The number of rotatable bonds is 9. The number of methoxy groups -OCH3 is 1. The topological polar surface area (TPSA) is 84.9 Å². The Hall–Kier alpha value is -3.35. The lowest BCUT2D eigenvalue weighted by molar-refractivity contribution is -0.123. The molecule has 0 unspecified atom stereocenters. The van der Waals surface area contributed by atoms with Crippen molar-refractivity contribution >= 4 is 23.3 Å². The van der Waals surface area contributed by atoms with Gasteiger partial charge in [0.15, 0.2) is 23.9 Å². The molecule has 0 saturated carbocycles. The third-order valence-electron chi connectivity index (χ3n) is 4.03. The molecule has 0 fully saturated rings. The molecule has 2 rings (SSSR count). The molecule has 28 heavy (non-hydrogen) atoms. The minimum absolute atomic E-state index is 0.0767. The number of carbonyl (C=O) groups is 3. The van der Waals surface area contributed by atoms with Crippen LogP contribution in [-0.2, 0) is 9.59 Å². The maximum absolute atomic E-state index is 12.0. The van der Waals surface area contributed by atoms with Crippen molar-refractivity contribution in [1.29, 1.82) is 0 Å². The van der Waals surface area contributed by atoms with Gasteiger partial charge in [0.1, 0.15) is 0 Å². The summed E-state index contributed by atoms with van der Waals surface area (Å²) in [4.78, 5) is 37.0. The zero-order valence-electron chi connectivity index (χ0n) is 16.2. The maximum atomic E-state index is 12.0. The molecular formula is C21H24N2O5. The molecule has 0 heterocycles. The van der Waals surface area contributed by atoms with Crippen LogP contribution < -0.4 is 19.7 Å². The summed E-state index contributed by atoms with van der Waals surface area (Å²) in [7, 11) is 1.53. The highest BCUT2D eigenvalue weighted by molar-refractivity contribution is 5.97. The van der Waals surface area contributed by atoms with Gasteiger partial charge >= 0.3 is 0 Å². The average Bonchev–Trinajstić information content (AvgIpc) is 2.69. The van der Waals surface area contributed by atoms with Gasteiger partial charge in [-0.15, -0.1) is 0 Å². The van der Waals surface area contributed by atoms with E-state index in [1.165, 1.54) is 25.9 Å². The number of Topliss-reactive ketones (excluding diaryl/α,β-unsaturated/α-hetero) is 1. The molecule has 1 N–H and O–H groups in total. The predicted octanol–water partition coefficient (Wildman–Crippen LogP) is 2.45. The fraction of sp³-hybridized carbons (Fsp3) is 0.286. The number of hydrogen-bond acceptors (Lipinski definition) is 5. The summed E-state index contributed by atoms with van der Waals surface area (Å²) in [6, 6.07) is 13.9. The summed E-state index contributed by atoms with van der Waals surface area (Å²) >= 11 is 0. The van der Waals surface area contributed by atoms with Crippen LogP contribution in [0.3, 0.4) is 0 Å². The number of nitrogens with zero attached hydrogens (tertiary/aromatic N) is 1. The Morgan fingerprint density at radius 2 is 1.71 bits per heavy atom. The number of ketones is 1. The first-order valence-electron chi connectivity index (χ1n) is 8.84. The van der Waals surface area contributed by atoms with Crippen LogP contribution in [0.4, 0.5) is 5.69 Å². The number of anilines is 1. The van der Waals surface area contributed by atoms with Crippen LogP contribution in [0, 0.1) is 0 Å². The molecule has 0 atom stereocenters. The lowest BCUT2D eigenvalue weighted by Crippen LogP contribution is -2.39. The lowest BCUT2D eigenvalue weighted by Gasteiger charge is -2.22. The van der Waals surface area contributed by atoms with Gasteiger partial charge in [-0.3, -0.25) is 14.4 Å². The predicted molar refractivity (Wildman–Crippen MR) is 106 cm³/mol. The molecule has 0 spiro atoms. The molecule has 2 amide bonds. The van der Waals surface area contributed by atoms with Crippen LogP contribution in [0.15, 0.2) is 48.5 Å². The average molecular weight is 384 g/mol.